The molecule has 1 fully saturated rings. The summed E-state index contributed by atoms with van der Waals surface area (Å²) in [5, 5.41) is 15.1. The molecule has 0 saturated heterocycles. The van der Waals surface area contributed by atoms with Crippen molar-refractivity contribution < 1.29 is 14.6 Å². The van der Waals surface area contributed by atoms with Gasteiger partial charge in [0.15, 0.2) is 0 Å². The highest BCUT2D eigenvalue weighted by atomic mass is 79.9. The first-order valence-corrected chi connectivity index (χ1v) is 9.82. The highest BCUT2D eigenvalue weighted by molar-refractivity contribution is 9.10. The Labute approximate surface area is 160 Å². The molecule has 2 aliphatic rings. The minimum atomic E-state index is -1.09. The minimum absolute atomic E-state index is 0.192. The smallest absolute Gasteiger partial charge is 0.225 e. The number of hydrogen-bond acceptors (Lipinski definition) is 4. The van der Waals surface area contributed by atoms with Crippen molar-refractivity contribution in [2.45, 2.75) is 39.0 Å². The average molecular weight is 420 g/mol. The number of carbonyl (C=O) groups is 1. The molecule has 26 heavy (non-hydrogen) atoms. The van der Waals surface area contributed by atoms with Crippen LogP contribution in [0.25, 0.3) is 5.69 Å². The molecule has 7 heteroatoms. The van der Waals surface area contributed by atoms with Gasteiger partial charge in [-0.3, -0.25) is 4.79 Å². The molecule has 1 aromatic heterocycles. The molecular weight excluding hydrogens is 398 g/mol. The zero-order valence-corrected chi connectivity index (χ0v) is 16.3. The van der Waals surface area contributed by atoms with Crippen molar-refractivity contribution in [2.24, 2.45) is 5.92 Å². The van der Waals surface area contributed by atoms with E-state index >= 15 is 0 Å². The van der Waals surface area contributed by atoms with Crippen molar-refractivity contribution in [1.82, 2.24) is 14.7 Å². The van der Waals surface area contributed by atoms with Gasteiger partial charge in [0.25, 0.3) is 0 Å². The molecule has 1 unspecified atom stereocenters. The highest BCUT2D eigenvalue weighted by Crippen LogP contribution is 2.35. The quantitative estimate of drug-likeness (QED) is 0.756. The van der Waals surface area contributed by atoms with E-state index in [1.807, 2.05) is 40.8 Å². The Morgan fingerprint density at radius 2 is 2.27 bits per heavy atom. The van der Waals surface area contributed by atoms with E-state index in [-0.39, 0.29) is 11.8 Å². The normalized spacial score (nSPS) is 17.9. The van der Waals surface area contributed by atoms with E-state index in [0.717, 1.165) is 34.3 Å². The molecule has 2 heterocycles. The standard InChI is InChI=1S/C19H22BrN3O3/c1-2-26-19(25)17-15-11-22(18(24)12-6-7-12)9-8-16(15)23(21-17)14-5-3-4-13(20)10-14/h3-5,10,12,19,25H,2,6-9,11H2,1H3. The molecule has 2 aromatic rings. The maximum Gasteiger partial charge on any atom is 0.225 e. The molecule has 1 amide bonds. The summed E-state index contributed by atoms with van der Waals surface area (Å²) in [5.74, 6) is 0.416. The second kappa shape index (κ2) is 7.13. The largest absolute Gasteiger partial charge is 0.363 e. The Hall–Kier alpha value is -1.70. The van der Waals surface area contributed by atoms with E-state index in [1.165, 1.54) is 0 Å². The van der Waals surface area contributed by atoms with Gasteiger partial charge in [-0.2, -0.15) is 5.10 Å². The van der Waals surface area contributed by atoms with Crippen molar-refractivity contribution in [2.75, 3.05) is 13.2 Å². The molecular formula is C19H22BrN3O3. The SMILES string of the molecule is CCOC(O)c1nn(-c2cccc(Br)c2)c2c1CN(C(=O)C1CC1)CC2. The van der Waals surface area contributed by atoms with Gasteiger partial charge in [0.2, 0.25) is 12.2 Å². The van der Waals surface area contributed by atoms with Crippen LogP contribution in [0.4, 0.5) is 0 Å². The maximum atomic E-state index is 12.5. The van der Waals surface area contributed by atoms with Crippen molar-refractivity contribution in [1.29, 1.82) is 0 Å². The van der Waals surface area contributed by atoms with Gasteiger partial charge < -0.3 is 14.7 Å². The lowest BCUT2D eigenvalue weighted by atomic mass is 10.0. The van der Waals surface area contributed by atoms with Crippen molar-refractivity contribution in [3.8, 4) is 5.69 Å². The Morgan fingerprint density at radius 1 is 1.46 bits per heavy atom. The van der Waals surface area contributed by atoms with Crippen LogP contribution < -0.4 is 0 Å². The van der Waals surface area contributed by atoms with Gasteiger partial charge in [0, 0.05) is 42.1 Å². The van der Waals surface area contributed by atoms with Crippen LogP contribution in [0, 0.1) is 5.92 Å². The number of aliphatic hydroxyl groups excluding tert-OH is 1. The van der Waals surface area contributed by atoms with Crippen LogP contribution in [0.3, 0.4) is 0 Å². The van der Waals surface area contributed by atoms with Crippen molar-refractivity contribution in [3.63, 3.8) is 0 Å². The third kappa shape index (κ3) is 3.31. The molecule has 1 aliphatic heterocycles. The number of carbonyl (C=O) groups excluding carboxylic acids is 1. The van der Waals surface area contributed by atoms with Crippen LogP contribution in [-0.2, 0) is 22.5 Å². The number of aromatic nitrogens is 2. The fraction of sp³-hybridized carbons (Fsp3) is 0.474. The molecule has 0 bridgehead atoms. The molecule has 1 aromatic carbocycles. The van der Waals surface area contributed by atoms with Crippen molar-refractivity contribution >= 4 is 21.8 Å². The van der Waals surface area contributed by atoms with Crippen LogP contribution in [0.2, 0.25) is 0 Å². The first kappa shape index (κ1) is 17.7. The van der Waals surface area contributed by atoms with Gasteiger partial charge in [-0.15, -0.1) is 0 Å². The van der Waals surface area contributed by atoms with Gasteiger partial charge in [-0.05, 0) is 38.0 Å². The summed E-state index contributed by atoms with van der Waals surface area (Å²) in [6.07, 6.45) is 1.62. The Bertz CT molecular complexity index is 831. The van der Waals surface area contributed by atoms with Gasteiger partial charge in [0.05, 0.1) is 11.4 Å². The molecule has 6 nitrogen and oxygen atoms in total. The molecule has 1 atom stereocenters. The van der Waals surface area contributed by atoms with E-state index in [4.69, 9.17) is 4.74 Å². The predicted octanol–water partition coefficient (Wildman–Crippen LogP) is 2.96. The number of halogens is 1. The van der Waals surface area contributed by atoms with Gasteiger partial charge in [-0.1, -0.05) is 22.0 Å². The summed E-state index contributed by atoms with van der Waals surface area (Å²) < 4.78 is 8.23. The molecule has 138 valence electrons. The lowest BCUT2D eigenvalue weighted by Gasteiger charge is -2.28. The zero-order chi connectivity index (χ0) is 18.3. The third-order valence-electron chi connectivity index (χ3n) is 4.94. The topological polar surface area (TPSA) is 67.6 Å². The molecule has 1 saturated carbocycles. The van der Waals surface area contributed by atoms with E-state index < -0.39 is 6.29 Å². The van der Waals surface area contributed by atoms with E-state index in [0.29, 0.717) is 31.8 Å². The van der Waals surface area contributed by atoms with Crippen LogP contribution in [-0.4, -0.2) is 38.8 Å². The minimum Gasteiger partial charge on any atom is -0.363 e. The highest BCUT2D eigenvalue weighted by Gasteiger charge is 2.37. The summed E-state index contributed by atoms with van der Waals surface area (Å²) in [6, 6.07) is 7.89. The van der Waals surface area contributed by atoms with E-state index in [2.05, 4.69) is 21.0 Å². The summed E-state index contributed by atoms with van der Waals surface area (Å²) in [5.41, 5.74) is 3.38. The fourth-order valence-corrected chi connectivity index (χ4v) is 3.86. The number of aliphatic hydroxyl groups is 1. The summed E-state index contributed by atoms with van der Waals surface area (Å²) in [7, 11) is 0. The predicted molar refractivity (Wildman–Crippen MR) is 99.7 cm³/mol. The third-order valence-corrected chi connectivity index (χ3v) is 5.43. The Morgan fingerprint density at radius 3 is 2.96 bits per heavy atom. The van der Waals surface area contributed by atoms with Gasteiger partial charge in [0.1, 0.15) is 5.69 Å². The molecule has 1 N–H and O–H groups in total. The number of fused-ring (bicyclic) bond motifs is 1. The fourth-order valence-electron chi connectivity index (χ4n) is 3.48. The number of hydrogen-bond donors (Lipinski definition) is 1. The van der Waals surface area contributed by atoms with Crippen LogP contribution in [0.5, 0.6) is 0 Å². The monoisotopic (exact) mass is 419 g/mol. The number of nitrogens with zero attached hydrogens (tertiary/aromatic N) is 3. The lowest BCUT2D eigenvalue weighted by molar-refractivity contribution is -0.133. The molecule has 1 aliphatic carbocycles. The van der Waals surface area contributed by atoms with Crippen LogP contribution in [0.1, 0.15) is 43.0 Å². The van der Waals surface area contributed by atoms with Gasteiger partial charge in [-0.25, -0.2) is 4.68 Å². The summed E-state index contributed by atoms with van der Waals surface area (Å²) in [4.78, 5) is 14.4. The number of ether oxygens (including phenoxy) is 1. The first-order valence-electron chi connectivity index (χ1n) is 9.03. The van der Waals surface area contributed by atoms with Gasteiger partial charge >= 0.3 is 0 Å². The Kier molecular flexibility index (Phi) is 4.86. The van der Waals surface area contributed by atoms with E-state index in [9.17, 15) is 9.90 Å². The molecule has 0 radical (unpaired) electrons. The number of benzene rings is 1. The lowest BCUT2D eigenvalue weighted by Crippen LogP contribution is -2.37. The maximum absolute atomic E-state index is 12.5. The summed E-state index contributed by atoms with van der Waals surface area (Å²) in [6.45, 7) is 3.40. The number of rotatable bonds is 5. The summed E-state index contributed by atoms with van der Waals surface area (Å²) >= 11 is 3.50. The molecule has 0 spiro atoms. The average Bonchev–Trinajstić information content (AvgIpc) is 3.41. The Balaban J connectivity index is 1.73. The van der Waals surface area contributed by atoms with Crippen LogP contribution in [0.15, 0.2) is 28.7 Å². The second-order valence-corrected chi connectivity index (χ2v) is 7.71. The van der Waals surface area contributed by atoms with E-state index in [1.54, 1.807) is 0 Å². The second-order valence-electron chi connectivity index (χ2n) is 6.79. The van der Waals surface area contributed by atoms with Crippen molar-refractivity contribution in [3.05, 3.63) is 45.7 Å². The number of amides is 1. The zero-order valence-electron chi connectivity index (χ0n) is 14.7. The first-order chi connectivity index (χ1) is 12.6. The van der Waals surface area contributed by atoms with Crippen LogP contribution >= 0.6 is 15.9 Å². The molecule has 4 rings (SSSR count).